The number of aliphatic hydroxyl groups excluding tert-OH is 1. The molecule has 2 aromatic rings. The quantitative estimate of drug-likeness (QED) is 0.801. The number of rotatable bonds is 6. The van der Waals surface area contributed by atoms with Gasteiger partial charge in [-0.1, -0.05) is 30.5 Å². The van der Waals surface area contributed by atoms with Crippen LogP contribution in [0.3, 0.4) is 0 Å². The van der Waals surface area contributed by atoms with Crippen molar-refractivity contribution in [2.45, 2.75) is 44.9 Å². The molecule has 1 aromatic heterocycles. The number of benzene rings is 1. The molecule has 2 heterocycles. The average molecular weight is 377 g/mol. The monoisotopic (exact) mass is 377 g/mol. The summed E-state index contributed by atoms with van der Waals surface area (Å²) < 4.78 is 15.5. The molecule has 26 heavy (non-hydrogen) atoms. The SMILES string of the molecule is CC(C)c1nnsc1C(=O)N[C@@H]1CCOC[C@H]1Oc1ccc(CO)cc1. The van der Waals surface area contributed by atoms with Gasteiger partial charge in [-0.25, -0.2) is 0 Å². The van der Waals surface area contributed by atoms with Crippen LogP contribution in [0.2, 0.25) is 0 Å². The van der Waals surface area contributed by atoms with Crippen LogP contribution < -0.4 is 10.1 Å². The van der Waals surface area contributed by atoms with E-state index >= 15 is 0 Å². The fraction of sp³-hybridized carbons (Fsp3) is 0.500. The minimum Gasteiger partial charge on any atom is -0.486 e. The second-order valence-electron chi connectivity index (χ2n) is 6.54. The number of aromatic nitrogens is 2. The second kappa shape index (κ2) is 8.57. The van der Waals surface area contributed by atoms with Crippen LogP contribution in [0.15, 0.2) is 24.3 Å². The Morgan fingerprint density at radius 2 is 2.19 bits per heavy atom. The number of nitrogens with zero attached hydrogens (tertiary/aromatic N) is 2. The molecule has 0 bridgehead atoms. The molecule has 1 fully saturated rings. The first-order chi connectivity index (χ1) is 12.6. The third-order valence-electron chi connectivity index (χ3n) is 4.28. The van der Waals surface area contributed by atoms with Crippen LogP contribution >= 0.6 is 11.5 Å². The van der Waals surface area contributed by atoms with Gasteiger partial charge in [0.1, 0.15) is 16.7 Å². The number of amides is 1. The zero-order valence-electron chi connectivity index (χ0n) is 14.8. The van der Waals surface area contributed by atoms with E-state index in [-0.39, 0.29) is 30.6 Å². The first kappa shape index (κ1) is 18.8. The fourth-order valence-electron chi connectivity index (χ4n) is 2.81. The van der Waals surface area contributed by atoms with Gasteiger partial charge >= 0.3 is 0 Å². The van der Waals surface area contributed by atoms with E-state index < -0.39 is 0 Å². The highest BCUT2D eigenvalue weighted by molar-refractivity contribution is 7.08. The first-order valence-corrected chi connectivity index (χ1v) is 9.43. The highest BCUT2D eigenvalue weighted by Crippen LogP contribution is 2.22. The Kier molecular flexibility index (Phi) is 6.18. The van der Waals surface area contributed by atoms with E-state index in [0.29, 0.717) is 30.3 Å². The van der Waals surface area contributed by atoms with Gasteiger partial charge in [0.05, 0.1) is 24.9 Å². The lowest BCUT2D eigenvalue weighted by Crippen LogP contribution is -2.51. The molecule has 1 amide bonds. The highest BCUT2D eigenvalue weighted by atomic mass is 32.1. The number of ether oxygens (including phenoxy) is 2. The van der Waals surface area contributed by atoms with Crippen LogP contribution in [-0.4, -0.2) is 46.0 Å². The normalized spacial score (nSPS) is 20.2. The molecular formula is C18H23N3O4S. The maximum atomic E-state index is 12.7. The van der Waals surface area contributed by atoms with E-state index in [2.05, 4.69) is 14.9 Å². The van der Waals surface area contributed by atoms with E-state index in [1.165, 1.54) is 0 Å². The zero-order chi connectivity index (χ0) is 18.5. The lowest BCUT2D eigenvalue weighted by atomic mass is 10.0. The number of carbonyl (C=O) groups is 1. The van der Waals surface area contributed by atoms with Crippen molar-refractivity contribution in [2.75, 3.05) is 13.2 Å². The van der Waals surface area contributed by atoms with Crippen molar-refractivity contribution in [2.24, 2.45) is 0 Å². The van der Waals surface area contributed by atoms with E-state index in [1.807, 2.05) is 38.1 Å². The topological polar surface area (TPSA) is 93.6 Å². The summed E-state index contributed by atoms with van der Waals surface area (Å²) in [5, 5.41) is 16.2. The van der Waals surface area contributed by atoms with Crippen molar-refractivity contribution in [3.05, 3.63) is 40.4 Å². The highest BCUT2D eigenvalue weighted by Gasteiger charge is 2.30. The number of aliphatic hydroxyl groups is 1. The summed E-state index contributed by atoms with van der Waals surface area (Å²) in [5.74, 6) is 0.653. The molecule has 2 atom stereocenters. The van der Waals surface area contributed by atoms with Gasteiger partial charge in [0, 0.05) is 6.61 Å². The third-order valence-corrected chi connectivity index (χ3v) is 5.02. The lowest BCUT2D eigenvalue weighted by molar-refractivity contribution is -0.0135. The average Bonchev–Trinajstić information content (AvgIpc) is 3.14. The molecular weight excluding hydrogens is 354 g/mol. The molecule has 2 N–H and O–H groups in total. The molecule has 0 saturated carbocycles. The van der Waals surface area contributed by atoms with E-state index in [9.17, 15) is 4.79 Å². The Morgan fingerprint density at radius 3 is 2.88 bits per heavy atom. The van der Waals surface area contributed by atoms with Gasteiger partial charge < -0.3 is 19.9 Å². The number of hydrogen-bond acceptors (Lipinski definition) is 7. The maximum absolute atomic E-state index is 12.7. The van der Waals surface area contributed by atoms with E-state index in [0.717, 1.165) is 22.8 Å². The summed E-state index contributed by atoms with van der Waals surface area (Å²) in [6, 6.07) is 7.08. The molecule has 0 spiro atoms. The van der Waals surface area contributed by atoms with Crippen LogP contribution in [0.5, 0.6) is 5.75 Å². The Bertz CT molecular complexity index is 732. The van der Waals surface area contributed by atoms with Crippen molar-refractivity contribution >= 4 is 17.4 Å². The van der Waals surface area contributed by atoms with Crippen LogP contribution in [0.1, 0.15) is 47.1 Å². The van der Waals surface area contributed by atoms with Gasteiger partial charge in [-0.2, -0.15) is 0 Å². The zero-order valence-corrected chi connectivity index (χ0v) is 15.7. The fourth-order valence-corrected chi connectivity index (χ4v) is 3.53. The standard InChI is InChI=1S/C18H23N3O4S/c1-11(2)16-17(26-21-20-16)18(23)19-14-7-8-24-10-15(14)25-13-5-3-12(9-22)4-6-13/h3-6,11,14-15,22H,7-10H2,1-2H3,(H,19,23)/t14-,15-/m1/s1. The van der Waals surface area contributed by atoms with Crippen molar-refractivity contribution in [3.8, 4) is 5.75 Å². The Labute approximate surface area is 156 Å². The van der Waals surface area contributed by atoms with Crippen LogP contribution in [0, 0.1) is 0 Å². The Balaban J connectivity index is 1.68. The summed E-state index contributed by atoms with van der Waals surface area (Å²) in [5.41, 5.74) is 1.54. The molecule has 1 saturated heterocycles. The molecule has 1 aliphatic heterocycles. The second-order valence-corrected chi connectivity index (χ2v) is 7.30. The molecule has 1 aliphatic rings. The molecule has 1 aromatic carbocycles. The molecule has 7 nitrogen and oxygen atoms in total. The van der Waals surface area contributed by atoms with Gasteiger partial charge in [0.25, 0.3) is 5.91 Å². The van der Waals surface area contributed by atoms with Crippen molar-refractivity contribution < 1.29 is 19.4 Å². The predicted octanol–water partition coefficient (Wildman–Crippen LogP) is 2.12. The maximum Gasteiger partial charge on any atom is 0.265 e. The van der Waals surface area contributed by atoms with Crippen LogP contribution in [0.25, 0.3) is 0 Å². The summed E-state index contributed by atoms with van der Waals surface area (Å²) in [6.45, 7) is 4.96. The van der Waals surface area contributed by atoms with Gasteiger partial charge in [0.2, 0.25) is 0 Å². The molecule has 140 valence electrons. The number of hydrogen-bond donors (Lipinski definition) is 2. The minimum atomic E-state index is -0.281. The lowest BCUT2D eigenvalue weighted by Gasteiger charge is -2.32. The third kappa shape index (κ3) is 4.38. The summed E-state index contributed by atoms with van der Waals surface area (Å²) in [7, 11) is 0. The smallest absolute Gasteiger partial charge is 0.265 e. The van der Waals surface area contributed by atoms with E-state index in [4.69, 9.17) is 14.6 Å². The first-order valence-electron chi connectivity index (χ1n) is 8.65. The molecule has 3 rings (SSSR count). The predicted molar refractivity (Wildman–Crippen MR) is 97.5 cm³/mol. The van der Waals surface area contributed by atoms with Crippen molar-refractivity contribution in [1.82, 2.24) is 14.9 Å². The number of carbonyl (C=O) groups excluding carboxylic acids is 1. The molecule has 0 unspecified atom stereocenters. The Hall–Kier alpha value is -2.03. The van der Waals surface area contributed by atoms with Gasteiger partial charge in [-0.3, -0.25) is 4.79 Å². The van der Waals surface area contributed by atoms with Crippen LogP contribution in [0.4, 0.5) is 0 Å². The minimum absolute atomic E-state index is 0.00737. The number of nitrogens with one attached hydrogen (secondary N) is 1. The molecule has 0 aliphatic carbocycles. The van der Waals surface area contributed by atoms with Gasteiger partial charge in [-0.05, 0) is 41.6 Å². The molecule has 8 heteroatoms. The van der Waals surface area contributed by atoms with Crippen molar-refractivity contribution in [3.63, 3.8) is 0 Å². The van der Waals surface area contributed by atoms with Crippen molar-refractivity contribution in [1.29, 1.82) is 0 Å². The summed E-state index contributed by atoms with van der Waals surface area (Å²) in [4.78, 5) is 13.2. The van der Waals surface area contributed by atoms with Gasteiger partial charge in [0.15, 0.2) is 0 Å². The van der Waals surface area contributed by atoms with E-state index in [1.54, 1.807) is 0 Å². The van der Waals surface area contributed by atoms with Gasteiger partial charge in [-0.15, -0.1) is 5.10 Å². The largest absolute Gasteiger partial charge is 0.486 e. The van der Waals surface area contributed by atoms with Crippen LogP contribution in [-0.2, 0) is 11.3 Å². The summed E-state index contributed by atoms with van der Waals surface area (Å²) in [6.07, 6.45) is 0.394. The summed E-state index contributed by atoms with van der Waals surface area (Å²) >= 11 is 1.11. The molecule has 0 radical (unpaired) electrons. The Morgan fingerprint density at radius 1 is 1.42 bits per heavy atom.